The highest BCUT2D eigenvalue weighted by atomic mass is 16.5. The van der Waals surface area contributed by atoms with Crippen molar-refractivity contribution in [2.24, 2.45) is 0 Å². The summed E-state index contributed by atoms with van der Waals surface area (Å²) in [6.07, 6.45) is 0.718. The van der Waals surface area contributed by atoms with Crippen molar-refractivity contribution in [3.05, 3.63) is 62.7 Å². The van der Waals surface area contributed by atoms with Gasteiger partial charge < -0.3 is 4.74 Å². The molecule has 0 aliphatic rings. The van der Waals surface area contributed by atoms with Gasteiger partial charge >= 0.3 is 0 Å². The summed E-state index contributed by atoms with van der Waals surface area (Å²) in [5, 5.41) is 12.0. The molecule has 7 rings (SSSR count). The van der Waals surface area contributed by atoms with E-state index in [0.717, 1.165) is 50.1 Å². The first kappa shape index (κ1) is 20.7. The van der Waals surface area contributed by atoms with Gasteiger partial charge in [-0.15, -0.1) is 0 Å². The maximum absolute atomic E-state index is 13.9. The van der Waals surface area contributed by atoms with E-state index in [1.54, 1.807) is 0 Å². The number of aryl methyl sites for hydroxylation is 1. The summed E-state index contributed by atoms with van der Waals surface area (Å²) < 4.78 is 7.95. The van der Waals surface area contributed by atoms with E-state index in [1.807, 2.05) is 40.7 Å². The van der Waals surface area contributed by atoms with E-state index in [-0.39, 0.29) is 17.2 Å². The van der Waals surface area contributed by atoms with Gasteiger partial charge in [-0.2, -0.15) is 0 Å². The Morgan fingerprint density at radius 2 is 1.31 bits per heavy atom. The Hall–Kier alpha value is -3.66. The van der Waals surface area contributed by atoms with Crippen LogP contribution in [0.15, 0.2) is 46.0 Å². The Kier molecular flexibility index (Phi) is 3.73. The average molecular weight is 462 g/mol. The smallest absolute Gasteiger partial charge is 0.262 e. The lowest BCUT2D eigenvalue weighted by Gasteiger charge is -2.23. The second-order valence-electron chi connectivity index (χ2n) is 11.2. The first-order valence-electron chi connectivity index (χ1n) is 12.4. The van der Waals surface area contributed by atoms with Crippen LogP contribution in [0.5, 0.6) is 5.75 Å². The minimum atomic E-state index is -0.408. The molecule has 0 bridgehead atoms. The van der Waals surface area contributed by atoms with E-state index in [2.05, 4.69) is 37.3 Å². The number of aromatic nitrogens is 1. The van der Waals surface area contributed by atoms with E-state index in [1.165, 1.54) is 26.1 Å². The highest BCUT2D eigenvalue weighted by Gasteiger charge is 2.29. The van der Waals surface area contributed by atoms with Crippen molar-refractivity contribution < 1.29 is 4.74 Å². The van der Waals surface area contributed by atoms with Crippen LogP contribution in [0.1, 0.15) is 52.6 Å². The molecule has 174 valence electrons. The van der Waals surface area contributed by atoms with Crippen molar-refractivity contribution >= 4 is 64.6 Å². The topological polar surface area (TPSA) is 48.3 Å². The van der Waals surface area contributed by atoms with Gasteiger partial charge in [0, 0.05) is 22.2 Å². The van der Waals surface area contributed by atoms with Crippen LogP contribution in [0, 0.1) is 6.92 Å². The van der Waals surface area contributed by atoms with Gasteiger partial charge in [-0.3, -0.25) is 14.2 Å². The molecule has 1 aromatic heterocycles. The number of rotatable bonds is 3. The van der Waals surface area contributed by atoms with Crippen LogP contribution in [0.25, 0.3) is 64.6 Å². The number of hydrogen-bond acceptors (Lipinski definition) is 3. The number of ether oxygens (including phenoxy) is 1. The SMILES string of the molecule is CCC(C)n1c(=O)c2c3cc(C)c4ccc5ccc6c(OC(C)(C)C)cc(c2c1=O)c1c6c5c4c31. The second kappa shape index (κ2) is 6.31. The van der Waals surface area contributed by atoms with Crippen molar-refractivity contribution in [2.45, 2.75) is 59.6 Å². The lowest BCUT2D eigenvalue weighted by molar-refractivity contribution is 0.133. The molecule has 1 atom stereocenters. The molecule has 35 heavy (non-hydrogen) atoms. The lowest BCUT2D eigenvalue weighted by Crippen LogP contribution is -2.28. The summed E-state index contributed by atoms with van der Waals surface area (Å²) in [7, 11) is 0. The first-order chi connectivity index (χ1) is 16.6. The number of benzene rings is 5. The van der Waals surface area contributed by atoms with E-state index >= 15 is 0 Å². The Balaban J connectivity index is 1.88. The van der Waals surface area contributed by atoms with Crippen molar-refractivity contribution in [1.29, 1.82) is 0 Å². The van der Waals surface area contributed by atoms with E-state index in [9.17, 15) is 9.59 Å². The normalized spacial score (nSPS) is 14.2. The standard InChI is InChI=1S/C31H27NO3/c1-7-15(3)32-29(33)27-19-12-14(2)17-10-8-16-9-11-18-21(35-31(4,5)6)13-20(28(27)30(32)34)26-24(18)22(16)23(17)25(19)26/h8-13,15H,7H2,1-6H3. The molecule has 0 saturated heterocycles. The van der Waals surface area contributed by atoms with Gasteiger partial charge in [0.25, 0.3) is 11.1 Å². The average Bonchev–Trinajstić information content (AvgIpc) is 3.29. The van der Waals surface area contributed by atoms with Gasteiger partial charge in [0.15, 0.2) is 0 Å². The van der Waals surface area contributed by atoms with Crippen LogP contribution in [0.4, 0.5) is 0 Å². The van der Waals surface area contributed by atoms with Gasteiger partial charge in [-0.25, -0.2) is 0 Å². The van der Waals surface area contributed by atoms with Crippen molar-refractivity contribution in [1.82, 2.24) is 4.57 Å². The predicted octanol–water partition coefficient (Wildman–Crippen LogP) is 7.34. The van der Waals surface area contributed by atoms with Crippen molar-refractivity contribution in [3.8, 4) is 5.75 Å². The summed E-state index contributed by atoms with van der Waals surface area (Å²) in [4.78, 5) is 27.7. The molecule has 0 amide bonds. The predicted molar refractivity (Wildman–Crippen MR) is 147 cm³/mol. The third-order valence-corrected chi connectivity index (χ3v) is 7.90. The molecular weight excluding hydrogens is 434 g/mol. The fourth-order valence-corrected chi connectivity index (χ4v) is 6.35. The fourth-order valence-electron chi connectivity index (χ4n) is 6.35. The van der Waals surface area contributed by atoms with Crippen LogP contribution >= 0.6 is 0 Å². The quantitative estimate of drug-likeness (QED) is 0.259. The van der Waals surface area contributed by atoms with Gasteiger partial charge in [-0.05, 0) is 103 Å². The number of fused-ring (bicyclic) bond motifs is 3. The zero-order valence-corrected chi connectivity index (χ0v) is 20.9. The minimum Gasteiger partial charge on any atom is -0.487 e. The zero-order valence-electron chi connectivity index (χ0n) is 20.9. The van der Waals surface area contributed by atoms with Gasteiger partial charge in [0.1, 0.15) is 11.4 Å². The van der Waals surface area contributed by atoms with Crippen LogP contribution in [-0.4, -0.2) is 10.2 Å². The molecule has 4 heteroatoms. The molecule has 1 unspecified atom stereocenters. The largest absolute Gasteiger partial charge is 0.487 e. The molecule has 7 aromatic rings. The summed E-state index contributed by atoms with van der Waals surface area (Å²) >= 11 is 0. The highest BCUT2D eigenvalue weighted by molar-refractivity contribution is 6.48. The fraction of sp³-hybridized carbons (Fsp3) is 0.290. The molecular formula is C31H27NO3. The van der Waals surface area contributed by atoms with Gasteiger partial charge in [0.05, 0.1) is 10.8 Å². The Morgan fingerprint density at radius 1 is 0.771 bits per heavy atom. The Bertz CT molecular complexity index is 2060. The van der Waals surface area contributed by atoms with E-state index < -0.39 is 5.60 Å². The maximum atomic E-state index is 13.9. The molecule has 0 N–H and O–H groups in total. The monoisotopic (exact) mass is 461 g/mol. The van der Waals surface area contributed by atoms with Gasteiger partial charge in [0.2, 0.25) is 0 Å². The molecule has 0 spiro atoms. The molecule has 6 aromatic carbocycles. The highest BCUT2D eigenvalue weighted by Crippen LogP contribution is 2.52. The van der Waals surface area contributed by atoms with Crippen LogP contribution < -0.4 is 15.9 Å². The second-order valence-corrected chi connectivity index (χ2v) is 11.2. The van der Waals surface area contributed by atoms with Crippen molar-refractivity contribution in [3.63, 3.8) is 0 Å². The Morgan fingerprint density at radius 3 is 1.91 bits per heavy atom. The van der Waals surface area contributed by atoms with Crippen LogP contribution in [0.3, 0.4) is 0 Å². The van der Waals surface area contributed by atoms with Gasteiger partial charge in [-0.1, -0.05) is 25.1 Å². The Labute approximate surface area is 202 Å². The van der Waals surface area contributed by atoms with Crippen LogP contribution in [-0.2, 0) is 0 Å². The summed E-state index contributed by atoms with van der Waals surface area (Å²) in [5.41, 5.74) is 0.341. The summed E-state index contributed by atoms with van der Waals surface area (Å²) in [5.74, 6) is 0.757. The molecule has 1 heterocycles. The lowest BCUT2D eigenvalue weighted by atomic mass is 9.93. The first-order valence-corrected chi connectivity index (χ1v) is 12.4. The maximum Gasteiger partial charge on any atom is 0.262 e. The third kappa shape index (κ3) is 2.37. The number of hydrogen-bond donors (Lipinski definition) is 0. The zero-order chi connectivity index (χ0) is 24.5. The molecule has 4 nitrogen and oxygen atoms in total. The van der Waals surface area contributed by atoms with Crippen molar-refractivity contribution in [2.75, 3.05) is 0 Å². The van der Waals surface area contributed by atoms with E-state index in [0.29, 0.717) is 10.8 Å². The molecule has 0 radical (unpaired) electrons. The minimum absolute atomic E-state index is 0.162. The molecule has 0 fully saturated rings. The summed E-state index contributed by atoms with van der Waals surface area (Å²) in [6, 6.07) is 12.6. The molecule has 0 aliphatic heterocycles. The third-order valence-electron chi connectivity index (χ3n) is 7.90. The molecule has 0 saturated carbocycles. The summed E-state index contributed by atoms with van der Waals surface area (Å²) in [6.45, 7) is 12.2. The van der Waals surface area contributed by atoms with Crippen LogP contribution in [0.2, 0.25) is 0 Å². The van der Waals surface area contributed by atoms with E-state index in [4.69, 9.17) is 4.74 Å². The molecule has 0 aliphatic carbocycles. The number of nitrogens with zero attached hydrogens (tertiary/aromatic N) is 1.